The summed E-state index contributed by atoms with van der Waals surface area (Å²) in [6.07, 6.45) is 1.85. The third-order valence-electron chi connectivity index (χ3n) is 5.01. The van der Waals surface area contributed by atoms with E-state index in [2.05, 4.69) is 29.8 Å². The van der Waals surface area contributed by atoms with Gasteiger partial charge in [0.1, 0.15) is 11.9 Å². The summed E-state index contributed by atoms with van der Waals surface area (Å²) >= 11 is 0. The van der Waals surface area contributed by atoms with Crippen LogP contribution < -0.4 is 5.32 Å². The molecule has 0 bridgehead atoms. The van der Waals surface area contributed by atoms with Gasteiger partial charge in [0.05, 0.1) is 11.0 Å². The van der Waals surface area contributed by atoms with E-state index in [1.807, 2.05) is 25.1 Å². The molecule has 0 aliphatic carbocycles. The Balaban J connectivity index is 1.68. The summed E-state index contributed by atoms with van der Waals surface area (Å²) in [6.45, 7) is 8.14. The fourth-order valence-electron chi connectivity index (χ4n) is 3.72. The zero-order valence-electron chi connectivity index (χ0n) is 15.9. The van der Waals surface area contributed by atoms with Gasteiger partial charge in [-0.05, 0) is 25.0 Å². The summed E-state index contributed by atoms with van der Waals surface area (Å²) in [4.78, 5) is 31.1. The first-order chi connectivity index (χ1) is 12.5. The number of nitrogens with one attached hydrogen (secondary N) is 1. The topological polar surface area (TPSA) is 67.2 Å². The number of fused-ring (bicyclic) bond motifs is 1. The molecular formula is C20H28N4O2. The van der Waals surface area contributed by atoms with Crippen LogP contribution in [-0.4, -0.2) is 45.4 Å². The first-order valence-electron chi connectivity index (χ1n) is 9.55. The highest BCUT2D eigenvalue weighted by molar-refractivity contribution is 5.88. The van der Waals surface area contributed by atoms with Crippen LogP contribution in [0.4, 0.5) is 0 Å². The molecule has 6 heteroatoms. The molecule has 1 aliphatic rings. The Morgan fingerprint density at radius 1 is 1.35 bits per heavy atom. The maximum absolute atomic E-state index is 12.6. The van der Waals surface area contributed by atoms with Crippen LogP contribution >= 0.6 is 0 Å². The second-order valence-corrected chi connectivity index (χ2v) is 7.17. The molecule has 2 heterocycles. The van der Waals surface area contributed by atoms with Crippen molar-refractivity contribution in [2.75, 3.05) is 13.1 Å². The molecule has 1 saturated heterocycles. The van der Waals surface area contributed by atoms with Crippen LogP contribution in [0.25, 0.3) is 11.0 Å². The molecule has 1 fully saturated rings. The number of carbonyl (C=O) groups is 2. The highest BCUT2D eigenvalue weighted by atomic mass is 16.2. The lowest BCUT2D eigenvalue weighted by Gasteiger charge is -2.34. The van der Waals surface area contributed by atoms with Gasteiger partial charge >= 0.3 is 0 Å². The van der Waals surface area contributed by atoms with E-state index in [9.17, 15) is 9.59 Å². The van der Waals surface area contributed by atoms with E-state index in [1.165, 1.54) is 0 Å². The number of aromatic nitrogens is 2. The largest absolute Gasteiger partial charge is 0.353 e. The second-order valence-electron chi connectivity index (χ2n) is 7.17. The number of benzene rings is 1. The van der Waals surface area contributed by atoms with E-state index >= 15 is 0 Å². The van der Waals surface area contributed by atoms with Crippen LogP contribution in [0, 0.1) is 0 Å². The molecule has 0 radical (unpaired) electrons. The van der Waals surface area contributed by atoms with E-state index in [1.54, 1.807) is 4.90 Å². The third-order valence-corrected chi connectivity index (χ3v) is 5.01. The molecule has 2 aromatic rings. The maximum Gasteiger partial charge on any atom is 0.242 e. The quantitative estimate of drug-likeness (QED) is 0.865. The Morgan fingerprint density at radius 3 is 2.85 bits per heavy atom. The molecular weight excluding hydrogens is 328 g/mol. The predicted molar refractivity (Wildman–Crippen MR) is 102 cm³/mol. The summed E-state index contributed by atoms with van der Waals surface area (Å²) in [7, 11) is 0. The fourth-order valence-corrected chi connectivity index (χ4v) is 3.72. The van der Waals surface area contributed by atoms with Crippen LogP contribution in [0.3, 0.4) is 0 Å². The number of piperazine rings is 1. The lowest BCUT2D eigenvalue weighted by molar-refractivity contribution is -0.143. The molecule has 0 spiro atoms. The number of rotatable bonds is 6. The van der Waals surface area contributed by atoms with Gasteiger partial charge in [0.15, 0.2) is 0 Å². The first-order valence-corrected chi connectivity index (χ1v) is 9.55. The number of aryl methyl sites for hydroxylation is 1. The summed E-state index contributed by atoms with van der Waals surface area (Å²) in [6, 6.07) is 7.81. The predicted octanol–water partition coefficient (Wildman–Crippen LogP) is 2.68. The van der Waals surface area contributed by atoms with E-state index in [0.717, 1.165) is 29.8 Å². The minimum Gasteiger partial charge on any atom is -0.353 e. The van der Waals surface area contributed by atoms with Crippen molar-refractivity contribution >= 4 is 22.8 Å². The first kappa shape index (κ1) is 18.4. The Morgan fingerprint density at radius 2 is 2.12 bits per heavy atom. The van der Waals surface area contributed by atoms with Gasteiger partial charge in [-0.2, -0.15) is 0 Å². The molecule has 2 amide bonds. The number of hydrogen-bond donors (Lipinski definition) is 1. The van der Waals surface area contributed by atoms with Crippen molar-refractivity contribution in [2.24, 2.45) is 0 Å². The van der Waals surface area contributed by atoms with Crippen LogP contribution in [0.1, 0.15) is 51.8 Å². The summed E-state index contributed by atoms with van der Waals surface area (Å²) in [5.41, 5.74) is 2.12. The Kier molecular flexibility index (Phi) is 5.59. The van der Waals surface area contributed by atoms with Crippen LogP contribution in [0.15, 0.2) is 24.3 Å². The molecule has 26 heavy (non-hydrogen) atoms. The summed E-state index contributed by atoms with van der Waals surface area (Å²) in [5.74, 6) is 1.42. The van der Waals surface area contributed by atoms with Crippen molar-refractivity contribution in [2.45, 2.75) is 58.5 Å². The van der Waals surface area contributed by atoms with Gasteiger partial charge in [0, 0.05) is 32.0 Å². The van der Waals surface area contributed by atoms with Gasteiger partial charge in [0.2, 0.25) is 11.8 Å². The van der Waals surface area contributed by atoms with Crippen molar-refractivity contribution in [3.8, 4) is 0 Å². The molecule has 140 valence electrons. The molecule has 1 aromatic carbocycles. The van der Waals surface area contributed by atoms with Crippen LogP contribution in [0.2, 0.25) is 0 Å². The van der Waals surface area contributed by atoms with Crippen molar-refractivity contribution in [1.82, 2.24) is 19.8 Å². The lowest BCUT2D eigenvalue weighted by Crippen LogP contribution is -2.56. The number of para-hydroxylation sites is 2. The van der Waals surface area contributed by atoms with Crippen LogP contribution in [0.5, 0.6) is 0 Å². The van der Waals surface area contributed by atoms with E-state index in [-0.39, 0.29) is 17.9 Å². The van der Waals surface area contributed by atoms with Crippen molar-refractivity contribution < 1.29 is 9.59 Å². The lowest BCUT2D eigenvalue weighted by atomic mass is 10.1. The minimum atomic E-state index is -0.323. The van der Waals surface area contributed by atoms with Gasteiger partial charge in [0.25, 0.3) is 0 Å². The summed E-state index contributed by atoms with van der Waals surface area (Å²) in [5, 5.41) is 2.84. The molecule has 1 aromatic heterocycles. The number of imidazole rings is 1. The minimum absolute atomic E-state index is 0.0326. The standard InChI is InChI=1S/C20H28N4O2/c1-4-16-20(26)21-11-13-23(16)18(25)10-7-12-24-17-9-6-5-8-15(17)22-19(24)14(2)3/h5-6,8-9,14,16H,4,7,10-13H2,1-3H3,(H,21,26)/t16-/m0/s1. The average molecular weight is 356 g/mol. The van der Waals surface area contributed by atoms with Crippen molar-refractivity contribution in [3.63, 3.8) is 0 Å². The maximum atomic E-state index is 12.6. The van der Waals surface area contributed by atoms with Crippen LogP contribution in [-0.2, 0) is 16.1 Å². The number of amides is 2. The average Bonchev–Trinajstić information content (AvgIpc) is 3.00. The molecule has 0 saturated carbocycles. The molecule has 1 aliphatic heterocycles. The number of hydrogen-bond acceptors (Lipinski definition) is 3. The monoisotopic (exact) mass is 356 g/mol. The van der Waals surface area contributed by atoms with E-state index in [4.69, 9.17) is 4.98 Å². The van der Waals surface area contributed by atoms with Crippen molar-refractivity contribution in [1.29, 1.82) is 0 Å². The van der Waals surface area contributed by atoms with Gasteiger partial charge in [-0.3, -0.25) is 9.59 Å². The van der Waals surface area contributed by atoms with E-state index in [0.29, 0.717) is 31.8 Å². The fraction of sp³-hybridized carbons (Fsp3) is 0.550. The molecule has 3 rings (SSSR count). The Labute approximate surface area is 154 Å². The highest BCUT2D eigenvalue weighted by Gasteiger charge is 2.31. The van der Waals surface area contributed by atoms with Gasteiger partial charge < -0.3 is 14.8 Å². The smallest absolute Gasteiger partial charge is 0.242 e. The second kappa shape index (κ2) is 7.89. The van der Waals surface area contributed by atoms with E-state index < -0.39 is 0 Å². The third kappa shape index (κ3) is 3.59. The molecule has 6 nitrogen and oxygen atoms in total. The SMILES string of the molecule is CC[C@H]1C(=O)NCCN1C(=O)CCCn1c(C(C)C)nc2ccccc21. The van der Waals surface area contributed by atoms with Gasteiger partial charge in [-0.1, -0.05) is 32.9 Å². The summed E-state index contributed by atoms with van der Waals surface area (Å²) < 4.78 is 2.23. The molecule has 1 atom stereocenters. The van der Waals surface area contributed by atoms with Gasteiger partial charge in [-0.25, -0.2) is 4.98 Å². The Bertz CT molecular complexity index is 796. The normalized spacial score (nSPS) is 17.8. The Hall–Kier alpha value is -2.37. The zero-order valence-corrected chi connectivity index (χ0v) is 15.9. The molecule has 1 N–H and O–H groups in total. The van der Waals surface area contributed by atoms with Crippen molar-refractivity contribution in [3.05, 3.63) is 30.1 Å². The zero-order chi connectivity index (χ0) is 18.7. The molecule has 0 unspecified atom stereocenters. The van der Waals surface area contributed by atoms with Gasteiger partial charge in [-0.15, -0.1) is 0 Å². The number of carbonyl (C=O) groups excluding carboxylic acids is 2. The highest BCUT2D eigenvalue weighted by Crippen LogP contribution is 2.22. The number of nitrogens with zero attached hydrogens (tertiary/aromatic N) is 3.